The third-order valence-electron chi connectivity index (χ3n) is 4.70. The van der Waals surface area contributed by atoms with Crippen LogP contribution < -0.4 is 5.32 Å². The Morgan fingerprint density at radius 3 is 2.50 bits per heavy atom. The van der Waals surface area contributed by atoms with Gasteiger partial charge in [-0.1, -0.05) is 17.3 Å². The van der Waals surface area contributed by atoms with E-state index in [4.69, 9.17) is 4.52 Å². The van der Waals surface area contributed by atoms with Crippen LogP contribution in [0.15, 0.2) is 47.2 Å². The number of hydrogen-bond acceptors (Lipinski definition) is 6. The van der Waals surface area contributed by atoms with Crippen LogP contribution in [0, 0.1) is 13.8 Å². The summed E-state index contributed by atoms with van der Waals surface area (Å²) in [6, 6.07) is 8.54. The number of halogens is 3. The number of fused-ring (bicyclic) bond motifs is 1. The van der Waals surface area contributed by atoms with E-state index in [0.29, 0.717) is 33.7 Å². The maximum atomic E-state index is 12.8. The van der Waals surface area contributed by atoms with Gasteiger partial charge in [-0.3, -0.25) is 0 Å². The highest BCUT2D eigenvalue weighted by atomic mass is 19.4. The van der Waals surface area contributed by atoms with Crippen molar-refractivity contribution in [1.29, 1.82) is 0 Å². The molecule has 4 rings (SSSR count). The lowest BCUT2D eigenvalue weighted by atomic mass is 10.1. The van der Waals surface area contributed by atoms with E-state index in [-0.39, 0.29) is 6.54 Å². The Hall–Kier alpha value is -3.40. The van der Waals surface area contributed by atoms with Crippen LogP contribution in [0.2, 0.25) is 0 Å². The number of benzene rings is 1. The fourth-order valence-electron chi connectivity index (χ4n) is 3.11. The smallest absolute Gasteiger partial charge is 0.369 e. The van der Waals surface area contributed by atoms with Gasteiger partial charge in [0.2, 0.25) is 0 Å². The molecule has 0 fully saturated rings. The monoisotopic (exact) mass is 417 g/mol. The molecule has 0 aliphatic carbocycles. The van der Waals surface area contributed by atoms with E-state index in [0.717, 1.165) is 17.8 Å². The number of aromatic nitrogens is 4. The summed E-state index contributed by atoms with van der Waals surface area (Å²) in [5.74, 6) is 0.387. The minimum atomic E-state index is -4.39. The normalized spacial score (nSPS) is 13.0. The summed E-state index contributed by atoms with van der Waals surface area (Å²) in [6.45, 7) is 3.75. The Morgan fingerprint density at radius 2 is 1.87 bits per heavy atom. The SMILES string of the molecule is Cc1ccc2c(NC(O)c3conc3C)nn(Cc3ccc(C(F)(F)F)cc3)c2n1. The van der Waals surface area contributed by atoms with Gasteiger partial charge in [-0.2, -0.15) is 18.3 Å². The van der Waals surface area contributed by atoms with Crippen molar-refractivity contribution in [1.82, 2.24) is 19.9 Å². The van der Waals surface area contributed by atoms with E-state index in [1.165, 1.54) is 18.4 Å². The van der Waals surface area contributed by atoms with Gasteiger partial charge in [0.05, 0.1) is 28.8 Å². The Labute approximate surface area is 169 Å². The van der Waals surface area contributed by atoms with Crippen molar-refractivity contribution in [3.63, 3.8) is 0 Å². The number of hydrogen-bond donors (Lipinski definition) is 2. The average Bonchev–Trinajstić information content (AvgIpc) is 3.25. The quantitative estimate of drug-likeness (QED) is 0.473. The number of rotatable bonds is 5. The second kappa shape index (κ2) is 7.45. The van der Waals surface area contributed by atoms with E-state index in [1.54, 1.807) is 11.6 Å². The number of nitrogens with zero attached hydrogens (tertiary/aromatic N) is 4. The largest absolute Gasteiger partial charge is 0.416 e. The third kappa shape index (κ3) is 3.86. The van der Waals surface area contributed by atoms with Gasteiger partial charge < -0.3 is 14.9 Å². The highest BCUT2D eigenvalue weighted by Gasteiger charge is 2.30. The zero-order valence-corrected chi connectivity index (χ0v) is 16.1. The standard InChI is InChI=1S/C20H18F3N5O2/c1-11-3-8-15-17(25-19(29)16-10-30-27-12(16)2)26-28(18(15)24-11)9-13-4-6-14(7-5-13)20(21,22)23/h3-8,10,19,29H,9H2,1-2H3,(H,25,26). The second-order valence-corrected chi connectivity index (χ2v) is 6.93. The minimum absolute atomic E-state index is 0.217. The van der Waals surface area contributed by atoms with E-state index in [9.17, 15) is 18.3 Å². The van der Waals surface area contributed by atoms with Gasteiger partial charge >= 0.3 is 6.18 Å². The molecule has 0 saturated heterocycles. The van der Waals surface area contributed by atoms with Crippen LogP contribution in [-0.2, 0) is 12.7 Å². The van der Waals surface area contributed by atoms with Gasteiger partial charge in [0, 0.05) is 5.69 Å². The summed E-state index contributed by atoms with van der Waals surface area (Å²) < 4.78 is 44.8. The first-order valence-electron chi connectivity index (χ1n) is 9.08. The highest BCUT2D eigenvalue weighted by Crippen LogP contribution is 2.30. The van der Waals surface area contributed by atoms with E-state index < -0.39 is 18.0 Å². The molecule has 30 heavy (non-hydrogen) atoms. The lowest BCUT2D eigenvalue weighted by molar-refractivity contribution is -0.137. The number of nitrogens with one attached hydrogen (secondary N) is 1. The molecule has 10 heteroatoms. The van der Waals surface area contributed by atoms with Gasteiger partial charge in [0.15, 0.2) is 17.7 Å². The number of aliphatic hydroxyl groups is 1. The van der Waals surface area contributed by atoms with Crippen LogP contribution in [0.1, 0.15) is 34.3 Å². The van der Waals surface area contributed by atoms with Gasteiger partial charge in [0.25, 0.3) is 0 Å². The molecule has 156 valence electrons. The molecule has 0 saturated carbocycles. The lowest BCUT2D eigenvalue weighted by Crippen LogP contribution is -2.11. The van der Waals surface area contributed by atoms with Gasteiger partial charge in [-0.15, -0.1) is 0 Å². The maximum absolute atomic E-state index is 12.8. The molecule has 1 unspecified atom stereocenters. The Balaban J connectivity index is 1.66. The van der Waals surface area contributed by atoms with Crippen molar-refractivity contribution in [3.05, 3.63) is 70.7 Å². The Kier molecular flexibility index (Phi) is 4.94. The van der Waals surface area contributed by atoms with Crippen molar-refractivity contribution in [2.24, 2.45) is 0 Å². The molecule has 0 aliphatic heterocycles. The van der Waals surface area contributed by atoms with Crippen LogP contribution in [0.3, 0.4) is 0 Å². The zero-order valence-electron chi connectivity index (χ0n) is 16.1. The highest BCUT2D eigenvalue weighted by molar-refractivity contribution is 5.87. The average molecular weight is 417 g/mol. The van der Waals surface area contributed by atoms with Crippen molar-refractivity contribution in [3.8, 4) is 0 Å². The fraction of sp³-hybridized carbons (Fsp3) is 0.250. The number of alkyl halides is 3. The summed E-state index contributed by atoms with van der Waals surface area (Å²) in [6.07, 6.45) is -4.14. The first kappa shape index (κ1) is 19.9. The molecule has 1 aromatic carbocycles. The summed E-state index contributed by atoms with van der Waals surface area (Å²) in [5, 5.41) is 22.3. The lowest BCUT2D eigenvalue weighted by Gasteiger charge is -2.10. The predicted octanol–water partition coefficient (Wildman–Crippen LogP) is 4.21. The molecule has 0 radical (unpaired) electrons. The first-order chi connectivity index (χ1) is 14.2. The molecule has 0 aliphatic rings. The number of anilines is 1. The van der Waals surface area contributed by atoms with Crippen LogP contribution in [0.5, 0.6) is 0 Å². The zero-order chi connectivity index (χ0) is 21.5. The Bertz CT molecular complexity index is 1180. The van der Waals surface area contributed by atoms with Crippen LogP contribution >= 0.6 is 0 Å². The molecule has 3 heterocycles. The van der Waals surface area contributed by atoms with E-state index >= 15 is 0 Å². The van der Waals surface area contributed by atoms with Gasteiger partial charge in [-0.05, 0) is 43.7 Å². The summed E-state index contributed by atoms with van der Waals surface area (Å²) in [5.41, 5.74) is 2.25. The van der Waals surface area contributed by atoms with E-state index in [1.807, 2.05) is 19.1 Å². The molecule has 2 N–H and O–H groups in total. The number of aryl methyl sites for hydroxylation is 2. The summed E-state index contributed by atoms with van der Waals surface area (Å²) >= 11 is 0. The molecular weight excluding hydrogens is 399 g/mol. The van der Waals surface area contributed by atoms with Crippen LogP contribution in [-0.4, -0.2) is 25.0 Å². The van der Waals surface area contributed by atoms with Gasteiger partial charge in [-0.25, -0.2) is 9.67 Å². The van der Waals surface area contributed by atoms with Crippen molar-refractivity contribution in [2.75, 3.05) is 5.32 Å². The number of aliphatic hydroxyl groups excluding tert-OH is 1. The summed E-state index contributed by atoms with van der Waals surface area (Å²) in [7, 11) is 0. The first-order valence-corrected chi connectivity index (χ1v) is 9.08. The molecule has 4 aromatic rings. The molecular formula is C20H18F3N5O2. The molecule has 3 aromatic heterocycles. The van der Waals surface area contributed by atoms with Crippen LogP contribution in [0.4, 0.5) is 19.0 Å². The second-order valence-electron chi connectivity index (χ2n) is 6.93. The molecule has 1 atom stereocenters. The molecule has 0 bridgehead atoms. The number of pyridine rings is 1. The molecule has 7 nitrogen and oxygen atoms in total. The molecule has 0 amide bonds. The summed E-state index contributed by atoms with van der Waals surface area (Å²) in [4.78, 5) is 4.50. The Morgan fingerprint density at radius 1 is 1.13 bits per heavy atom. The van der Waals surface area contributed by atoms with E-state index in [2.05, 4.69) is 20.6 Å². The maximum Gasteiger partial charge on any atom is 0.416 e. The van der Waals surface area contributed by atoms with Crippen molar-refractivity contribution in [2.45, 2.75) is 32.8 Å². The fourth-order valence-corrected chi connectivity index (χ4v) is 3.11. The minimum Gasteiger partial charge on any atom is -0.369 e. The molecule has 0 spiro atoms. The third-order valence-corrected chi connectivity index (χ3v) is 4.70. The van der Waals surface area contributed by atoms with Crippen molar-refractivity contribution >= 4 is 16.9 Å². The van der Waals surface area contributed by atoms with Gasteiger partial charge in [0.1, 0.15) is 6.26 Å². The topological polar surface area (TPSA) is 89.0 Å². The van der Waals surface area contributed by atoms with Crippen molar-refractivity contribution < 1.29 is 22.8 Å². The predicted molar refractivity (Wildman–Crippen MR) is 103 cm³/mol. The van der Waals surface area contributed by atoms with Crippen LogP contribution in [0.25, 0.3) is 11.0 Å².